The molecule has 3 aromatic heterocycles. The number of anilines is 1. The Bertz CT molecular complexity index is 846. The molecule has 1 N–H and O–H groups in total. The van der Waals surface area contributed by atoms with E-state index >= 15 is 0 Å². The Morgan fingerprint density at radius 1 is 1.26 bits per heavy atom. The fraction of sp³-hybridized carbons (Fsp3) is 0.214. The zero-order valence-electron chi connectivity index (χ0n) is 11.8. The van der Waals surface area contributed by atoms with Gasteiger partial charge in [0.2, 0.25) is 0 Å². The summed E-state index contributed by atoms with van der Waals surface area (Å²) in [6.07, 6.45) is -1.95. The van der Waals surface area contributed by atoms with Gasteiger partial charge < -0.3 is 5.32 Å². The van der Waals surface area contributed by atoms with Gasteiger partial charge in [0.15, 0.2) is 11.5 Å². The maximum atomic E-state index is 12.6. The minimum Gasteiger partial charge on any atom is -0.359 e. The Hall–Kier alpha value is -2.35. The zero-order chi connectivity index (χ0) is 16.6. The molecule has 3 rings (SSSR count). The van der Waals surface area contributed by atoms with E-state index in [0.29, 0.717) is 11.5 Å². The second kappa shape index (κ2) is 5.69. The molecule has 0 aliphatic heterocycles. The number of hydrogen-bond acceptors (Lipinski definition) is 4. The normalized spacial score (nSPS) is 13.3. The number of nitrogens with one attached hydrogen (secondary N) is 1. The maximum Gasteiger partial charge on any atom is 0.417 e. The third-order valence-electron chi connectivity index (χ3n) is 3.25. The lowest BCUT2D eigenvalue weighted by atomic mass is 10.2. The Labute approximate surface area is 134 Å². The summed E-state index contributed by atoms with van der Waals surface area (Å²) in [7, 11) is 0. The van der Waals surface area contributed by atoms with Crippen molar-refractivity contribution in [3.05, 3.63) is 53.1 Å². The van der Waals surface area contributed by atoms with Crippen molar-refractivity contribution in [3.8, 4) is 0 Å². The Morgan fingerprint density at radius 3 is 2.74 bits per heavy atom. The highest BCUT2D eigenvalue weighted by Crippen LogP contribution is 2.33. The quantitative estimate of drug-likeness (QED) is 0.783. The van der Waals surface area contributed by atoms with Crippen molar-refractivity contribution in [1.82, 2.24) is 19.6 Å². The first kappa shape index (κ1) is 15.5. The van der Waals surface area contributed by atoms with Crippen LogP contribution in [-0.4, -0.2) is 19.6 Å². The molecule has 5 nitrogen and oxygen atoms in total. The molecule has 0 aromatic carbocycles. The third kappa shape index (κ3) is 3.07. The van der Waals surface area contributed by atoms with Crippen LogP contribution in [0.4, 0.5) is 19.0 Å². The topological polar surface area (TPSA) is 55.1 Å². The number of rotatable bonds is 3. The summed E-state index contributed by atoms with van der Waals surface area (Å²) in [6, 6.07) is 5.95. The van der Waals surface area contributed by atoms with Gasteiger partial charge in [-0.05, 0) is 25.1 Å². The van der Waals surface area contributed by atoms with Crippen LogP contribution in [-0.2, 0) is 6.18 Å². The van der Waals surface area contributed by atoms with Crippen molar-refractivity contribution in [2.75, 3.05) is 5.32 Å². The first-order valence-corrected chi connectivity index (χ1v) is 7.03. The van der Waals surface area contributed by atoms with Gasteiger partial charge in [0.1, 0.15) is 5.82 Å². The Kier molecular flexibility index (Phi) is 3.85. The molecule has 0 amide bonds. The van der Waals surface area contributed by atoms with E-state index in [-0.39, 0.29) is 16.9 Å². The van der Waals surface area contributed by atoms with E-state index < -0.39 is 11.7 Å². The van der Waals surface area contributed by atoms with Gasteiger partial charge in [0.25, 0.3) is 0 Å². The van der Waals surface area contributed by atoms with Gasteiger partial charge in [-0.25, -0.2) is 4.98 Å². The van der Waals surface area contributed by atoms with Crippen molar-refractivity contribution in [2.24, 2.45) is 0 Å². The summed E-state index contributed by atoms with van der Waals surface area (Å²) in [4.78, 5) is 3.75. The fourth-order valence-corrected chi connectivity index (χ4v) is 2.34. The monoisotopic (exact) mass is 341 g/mol. The van der Waals surface area contributed by atoms with Gasteiger partial charge in [-0.2, -0.15) is 13.2 Å². The van der Waals surface area contributed by atoms with Crippen LogP contribution < -0.4 is 5.32 Å². The summed E-state index contributed by atoms with van der Waals surface area (Å²) >= 11 is 5.89. The highest BCUT2D eigenvalue weighted by molar-refractivity contribution is 6.33. The van der Waals surface area contributed by atoms with E-state index in [2.05, 4.69) is 20.5 Å². The van der Waals surface area contributed by atoms with Gasteiger partial charge in [-0.3, -0.25) is 4.40 Å². The lowest BCUT2D eigenvalue weighted by Gasteiger charge is -2.15. The summed E-state index contributed by atoms with van der Waals surface area (Å²) in [5.74, 6) is 0.748. The van der Waals surface area contributed by atoms with Crippen LogP contribution in [0.25, 0.3) is 5.65 Å². The molecule has 120 valence electrons. The number of alkyl halides is 3. The summed E-state index contributed by atoms with van der Waals surface area (Å²) in [6.45, 7) is 1.79. The van der Waals surface area contributed by atoms with Gasteiger partial charge >= 0.3 is 6.18 Å². The minimum atomic E-state index is -4.48. The first-order chi connectivity index (χ1) is 10.9. The smallest absolute Gasteiger partial charge is 0.359 e. The van der Waals surface area contributed by atoms with E-state index in [1.54, 1.807) is 23.6 Å². The molecule has 0 saturated heterocycles. The highest BCUT2D eigenvalue weighted by Gasteiger charge is 2.31. The standard InChI is InChI=1S/C14H11ClF3N5/c1-8(13-22-21-11-4-2-3-5-23(11)13)20-12-10(15)6-9(7-19-12)14(16,17)18/h2-8H,1H3,(H,19,20). The molecule has 3 heterocycles. The molecule has 0 aliphatic carbocycles. The van der Waals surface area contributed by atoms with Gasteiger partial charge in [0.05, 0.1) is 16.6 Å². The van der Waals surface area contributed by atoms with Crippen molar-refractivity contribution in [1.29, 1.82) is 0 Å². The predicted octanol–water partition coefficient (Wildman–Crippen LogP) is 3.97. The average Bonchev–Trinajstić information content (AvgIpc) is 2.92. The molecule has 0 radical (unpaired) electrons. The number of nitrogens with zero attached hydrogens (tertiary/aromatic N) is 4. The Morgan fingerprint density at radius 2 is 2.04 bits per heavy atom. The number of halogens is 4. The average molecular weight is 342 g/mol. The van der Waals surface area contributed by atoms with E-state index in [4.69, 9.17) is 11.6 Å². The maximum absolute atomic E-state index is 12.6. The second-order valence-electron chi connectivity index (χ2n) is 4.91. The van der Waals surface area contributed by atoms with Crippen LogP contribution in [0.2, 0.25) is 5.02 Å². The molecular formula is C14H11ClF3N5. The van der Waals surface area contributed by atoms with Crippen molar-refractivity contribution in [3.63, 3.8) is 0 Å². The molecule has 0 spiro atoms. The van der Waals surface area contributed by atoms with E-state index in [9.17, 15) is 13.2 Å². The van der Waals surface area contributed by atoms with Gasteiger partial charge in [-0.1, -0.05) is 17.7 Å². The summed E-state index contributed by atoms with van der Waals surface area (Å²) in [5, 5.41) is 10.9. The van der Waals surface area contributed by atoms with Crippen LogP contribution in [0.3, 0.4) is 0 Å². The molecule has 3 aromatic rings. The zero-order valence-corrected chi connectivity index (χ0v) is 12.6. The molecular weight excluding hydrogens is 331 g/mol. The molecule has 9 heteroatoms. The van der Waals surface area contributed by atoms with Gasteiger partial charge in [0, 0.05) is 12.4 Å². The van der Waals surface area contributed by atoms with E-state index in [0.717, 1.165) is 12.3 Å². The molecule has 0 fully saturated rings. The summed E-state index contributed by atoms with van der Waals surface area (Å²) in [5.41, 5.74) is -0.226. The number of hydrogen-bond donors (Lipinski definition) is 1. The third-order valence-corrected chi connectivity index (χ3v) is 3.54. The molecule has 0 aliphatic rings. The molecule has 23 heavy (non-hydrogen) atoms. The molecule has 1 unspecified atom stereocenters. The van der Waals surface area contributed by atoms with Crippen molar-refractivity contribution >= 4 is 23.1 Å². The van der Waals surface area contributed by atoms with E-state index in [1.807, 2.05) is 12.1 Å². The van der Waals surface area contributed by atoms with Gasteiger partial charge in [-0.15, -0.1) is 10.2 Å². The minimum absolute atomic E-state index is 0.111. The largest absolute Gasteiger partial charge is 0.417 e. The predicted molar refractivity (Wildman–Crippen MR) is 79.3 cm³/mol. The van der Waals surface area contributed by atoms with Crippen molar-refractivity contribution in [2.45, 2.75) is 19.1 Å². The lowest BCUT2D eigenvalue weighted by Crippen LogP contribution is -2.13. The van der Waals surface area contributed by atoms with Crippen molar-refractivity contribution < 1.29 is 13.2 Å². The van der Waals surface area contributed by atoms with Crippen LogP contribution in [0.15, 0.2) is 36.7 Å². The van der Waals surface area contributed by atoms with E-state index in [1.165, 1.54) is 0 Å². The highest BCUT2D eigenvalue weighted by atomic mass is 35.5. The first-order valence-electron chi connectivity index (χ1n) is 6.65. The Balaban J connectivity index is 1.87. The van der Waals surface area contributed by atoms with Crippen LogP contribution in [0.1, 0.15) is 24.4 Å². The SMILES string of the molecule is CC(Nc1ncc(C(F)(F)F)cc1Cl)c1nnc2ccccn12. The lowest BCUT2D eigenvalue weighted by molar-refractivity contribution is -0.137. The molecule has 1 atom stereocenters. The fourth-order valence-electron chi connectivity index (χ4n) is 2.12. The van der Waals surface area contributed by atoms with Crippen LogP contribution in [0.5, 0.6) is 0 Å². The number of aromatic nitrogens is 4. The molecule has 0 bridgehead atoms. The summed E-state index contributed by atoms with van der Waals surface area (Å²) < 4.78 is 39.6. The van der Waals surface area contributed by atoms with Crippen LogP contribution >= 0.6 is 11.6 Å². The number of pyridine rings is 2. The van der Waals surface area contributed by atoms with Crippen LogP contribution in [0, 0.1) is 0 Å². The molecule has 0 saturated carbocycles. The second-order valence-corrected chi connectivity index (χ2v) is 5.31. The number of fused-ring (bicyclic) bond motifs is 1.